The van der Waals surface area contributed by atoms with E-state index in [9.17, 15) is 31.2 Å². The fourth-order valence-electron chi connectivity index (χ4n) is 4.16. The predicted molar refractivity (Wildman–Crippen MR) is 157 cm³/mol. The highest BCUT2D eigenvalue weighted by atomic mass is 35.5. The van der Waals surface area contributed by atoms with E-state index in [0.29, 0.717) is 27.0 Å². The summed E-state index contributed by atoms with van der Waals surface area (Å²) in [6, 6.07) is 12.5. The normalized spacial score (nSPS) is 12.5. The van der Waals surface area contributed by atoms with Crippen LogP contribution in [0.1, 0.15) is 31.4 Å². The minimum absolute atomic E-state index is 0.137. The Bertz CT molecular complexity index is 1540. The molecule has 2 amide bonds. The highest BCUT2D eigenvalue weighted by Gasteiger charge is 2.37. The molecule has 42 heavy (non-hydrogen) atoms. The number of nitrogens with zero attached hydrogens (tertiary/aromatic N) is 2. The number of carbonyl (C=O) groups excluding carboxylic acids is 2. The third-order valence-electron chi connectivity index (χ3n) is 6.24. The maximum absolute atomic E-state index is 14.0. The van der Waals surface area contributed by atoms with Crippen LogP contribution in [-0.2, 0) is 32.3 Å². The number of amides is 2. The van der Waals surface area contributed by atoms with Gasteiger partial charge in [-0.15, -0.1) is 0 Å². The van der Waals surface area contributed by atoms with Crippen molar-refractivity contribution in [3.05, 3.63) is 92.9 Å². The van der Waals surface area contributed by atoms with E-state index in [1.54, 1.807) is 26.0 Å². The van der Waals surface area contributed by atoms with Crippen LogP contribution in [0, 0.1) is 0 Å². The Balaban J connectivity index is 2.17. The Hall–Kier alpha value is -2.99. The number of likely N-dealkylation sites (N-methyl/N-ethyl adjacent to an activating group) is 1. The number of rotatable bonds is 11. The first-order valence-electron chi connectivity index (χ1n) is 12.7. The van der Waals surface area contributed by atoms with E-state index in [2.05, 4.69) is 5.32 Å². The van der Waals surface area contributed by atoms with E-state index in [0.717, 1.165) is 11.0 Å². The van der Waals surface area contributed by atoms with Gasteiger partial charge in [0.05, 0.1) is 21.2 Å². The van der Waals surface area contributed by atoms with Gasteiger partial charge >= 0.3 is 6.18 Å². The standard InChI is InChI=1S/C28H27Cl3F3N3O4S/c1-3-24(27(39)35-4-2)36(16-18-10-12-20(29)15-23(18)31)26(38)17-37(42(40,41)21-8-6-5-7-9-21)25-14-19(28(32,33)34)11-13-22(25)30/h5-15,24H,3-4,16-17H2,1-2H3,(H,35,39)/t24-/m0/s1. The van der Waals surface area contributed by atoms with Crippen molar-refractivity contribution in [1.29, 1.82) is 0 Å². The van der Waals surface area contributed by atoms with Gasteiger partial charge in [-0.05, 0) is 61.4 Å². The van der Waals surface area contributed by atoms with Crippen molar-refractivity contribution in [2.45, 2.75) is 43.9 Å². The molecule has 1 atom stereocenters. The van der Waals surface area contributed by atoms with Gasteiger partial charge in [-0.1, -0.05) is 66.0 Å². The SMILES string of the molecule is CCNC(=O)[C@H](CC)N(Cc1ccc(Cl)cc1Cl)C(=O)CN(c1cc(C(F)(F)F)ccc1Cl)S(=O)(=O)c1ccccc1. The molecule has 0 radical (unpaired) electrons. The van der Waals surface area contributed by atoms with Crippen molar-refractivity contribution in [1.82, 2.24) is 10.2 Å². The van der Waals surface area contributed by atoms with Gasteiger partial charge in [-0.2, -0.15) is 13.2 Å². The topological polar surface area (TPSA) is 86.8 Å². The van der Waals surface area contributed by atoms with Crippen LogP contribution < -0.4 is 9.62 Å². The summed E-state index contributed by atoms with van der Waals surface area (Å²) in [5.74, 6) is -1.39. The number of sulfonamides is 1. The van der Waals surface area contributed by atoms with Crippen LogP contribution in [-0.4, -0.2) is 44.3 Å². The van der Waals surface area contributed by atoms with Gasteiger partial charge in [0, 0.05) is 23.1 Å². The lowest BCUT2D eigenvalue weighted by Gasteiger charge is -2.33. The molecule has 3 aromatic carbocycles. The minimum Gasteiger partial charge on any atom is -0.355 e. The number of hydrogen-bond acceptors (Lipinski definition) is 4. The van der Waals surface area contributed by atoms with Gasteiger partial charge in [0.15, 0.2) is 0 Å². The zero-order valence-electron chi connectivity index (χ0n) is 22.5. The van der Waals surface area contributed by atoms with E-state index in [1.807, 2.05) is 0 Å². The second kappa shape index (κ2) is 14.0. The number of alkyl halides is 3. The van der Waals surface area contributed by atoms with Crippen molar-refractivity contribution in [3.8, 4) is 0 Å². The molecule has 0 saturated carbocycles. The van der Waals surface area contributed by atoms with Crippen molar-refractivity contribution in [2.24, 2.45) is 0 Å². The molecule has 0 unspecified atom stereocenters. The van der Waals surface area contributed by atoms with Crippen LogP contribution in [0.2, 0.25) is 15.1 Å². The number of halogens is 6. The fraction of sp³-hybridized carbons (Fsp3) is 0.286. The lowest BCUT2D eigenvalue weighted by Crippen LogP contribution is -2.52. The first-order valence-corrected chi connectivity index (χ1v) is 15.2. The van der Waals surface area contributed by atoms with Crippen molar-refractivity contribution in [2.75, 3.05) is 17.4 Å². The highest BCUT2D eigenvalue weighted by Crippen LogP contribution is 2.37. The summed E-state index contributed by atoms with van der Waals surface area (Å²) in [4.78, 5) is 27.8. The van der Waals surface area contributed by atoms with Gasteiger partial charge in [0.2, 0.25) is 11.8 Å². The molecule has 0 saturated heterocycles. The third-order valence-corrected chi connectivity index (χ3v) is 8.93. The zero-order valence-corrected chi connectivity index (χ0v) is 25.5. The summed E-state index contributed by atoms with van der Waals surface area (Å²) in [5.41, 5.74) is -1.31. The Morgan fingerprint density at radius 1 is 0.929 bits per heavy atom. The van der Waals surface area contributed by atoms with Crippen LogP contribution in [0.3, 0.4) is 0 Å². The molecule has 0 heterocycles. The molecule has 0 aromatic heterocycles. The minimum atomic E-state index is -4.82. The molecule has 226 valence electrons. The molecule has 3 aromatic rings. The number of nitrogens with one attached hydrogen (secondary N) is 1. The van der Waals surface area contributed by atoms with Crippen molar-refractivity contribution in [3.63, 3.8) is 0 Å². The molecular formula is C28H27Cl3F3N3O4S. The molecule has 1 N–H and O–H groups in total. The van der Waals surface area contributed by atoms with E-state index in [1.165, 1.54) is 36.4 Å². The number of anilines is 1. The number of benzene rings is 3. The zero-order chi connectivity index (χ0) is 31.2. The van der Waals surface area contributed by atoms with E-state index in [-0.39, 0.29) is 34.5 Å². The second-order valence-corrected chi connectivity index (χ2v) is 12.2. The summed E-state index contributed by atoms with van der Waals surface area (Å²) in [6.45, 7) is 2.41. The summed E-state index contributed by atoms with van der Waals surface area (Å²) < 4.78 is 69.1. The Morgan fingerprint density at radius 3 is 2.17 bits per heavy atom. The van der Waals surface area contributed by atoms with Gasteiger partial charge in [0.25, 0.3) is 10.0 Å². The smallest absolute Gasteiger partial charge is 0.355 e. The first kappa shape index (κ1) is 33.5. The van der Waals surface area contributed by atoms with Crippen molar-refractivity contribution < 1.29 is 31.2 Å². The molecule has 3 rings (SSSR count). The second-order valence-electron chi connectivity index (χ2n) is 9.06. The quantitative estimate of drug-likeness (QED) is 0.244. The largest absolute Gasteiger partial charge is 0.416 e. The molecule has 7 nitrogen and oxygen atoms in total. The predicted octanol–water partition coefficient (Wildman–Crippen LogP) is 6.80. The molecular weight excluding hydrogens is 638 g/mol. The Morgan fingerprint density at radius 2 is 1.60 bits per heavy atom. The maximum atomic E-state index is 14.0. The average molecular weight is 665 g/mol. The molecule has 14 heteroatoms. The fourth-order valence-corrected chi connectivity index (χ4v) is 6.34. The van der Waals surface area contributed by atoms with Gasteiger partial charge in [0.1, 0.15) is 12.6 Å². The molecule has 0 spiro atoms. The molecule has 0 fully saturated rings. The summed E-state index contributed by atoms with van der Waals surface area (Å²) in [5, 5.41) is 2.84. The lowest BCUT2D eigenvalue weighted by molar-refractivity contribution is -0.140. The number of carbonyl (C=O) groups is 2. The summed E-state index contributed by atoms with van der Waals surface area (Å²) in [6.07, 6.45) is -4.69. The average Bonchev–Trinajstić information content (AvgIpc) is 2.93. The van der Waals surface area contributed by atoms with Gasteiger partial charge in [-0.3, -0.25) is 13.9 Å². The van der Waals surface area contributed by atoms with Crippen LogP contribution in [0.4, 0.5) is 18.9 Å². The van der Waals surface area contributed by atoms with Crippen LogP contribution in [0.15, 0.2) is 71.6 Å². The van der Waals surface area contributed by atoms with Crippen LogP contribution in [0.25, 0.3) is 0 Å². The molecule has 0 aliphatic heterocycles. The third kappa shape index (κ3) is 7.89. The Labute approximate surface area is 257 Å². The number of hydrogen-bond donors (Lipinski definition) is 1. The van der Waals surface area contributed by atoms with Crippen LogP contribution in [0.5, 0.6) is 0 Å². The highest BCUT2D eigenvalue weighted by molar-refractivity contribution is 7.92. The summed E-state index contributed by atoms with van der Waals surface area (Å²) >= 11 is 18.6. The van der Waals surface area contributed by atoms with E-state index in [4.69, 9.17) is 34.8 Å². The summed E-state index contributed by atoms with van der Waals surface area (Å²) in [7, 11) is -4.63. The van der Waals surface area contributed by atoms with Crippen molar-refractivity contribution >= 4 is 62.3 Å². The maximum Gasteiger partial charge on any atom is 0.416 e. The molecule has 0 bridgehead atoms. The Kier molecular flexibility index (Phi) is 11.2. The molecule has 0 aliphatic carbocycles. The van der Waals surface area contributed by atoms with Crippen LogP contribution >= 0.6 is 34.8 Å². The van der Waals surface area contributed by atoms with E-state index >= 15 is 0 Å². The first-order chi connectivity index (χ1) is 19.7. The lowest BCUT2D eigenvalue weighted by atomic mass is 10.1. The monoisotopic (exact) mass is 663 g/mol. The molecule has 0 aliphatic rings. The van der Waals surface area contributed by atoms with Gasteiger partial charge in [-0.25, -0.2) is 8.42 Å². The van der Waals surface area contributed by atoms with Gasteiger partial charge < -0.3 is 10.2 Å². The van der Waals surface area contributed by atoms with E-state index < -0.39 is 51.9 Å².